The van der Waals surface area contributed by atoms with E-state index in [4.69, 9.17) is 0 Å². The predicted molar refractivity (Wildman–Crippen MR) is 111 cm³/mol. The summed E-state index contributed by atoms with van der Waals surface area (Å²) < 4.78 is 0. The topological polar surface area (TPSA) is 78.1 Å². The smallest absolute Gasteiger partial charge is 0.246 e. The van der Waals surface area contributed by atoms with Crippen LogP contribution in [0.5, 0.6) is 0 Å². The van der Waals surface area contributed by atoms with Gasteiger partial charge in [0.15, 0.2) is 0 Å². The molecule has 0 saturated carbocycles. The van der Waals surface area contributed by atoms with Crippen molar-refractivity contribution >= 4 is 28.5 Å². The fourth-order valence-electron chi connectivity index (χ4n) is 3.18. The van der Waals surface area contributed by atoms with E-state index in [1.165, 1.54) is 0 Å². The Hall–Kier alpha value is -3.15. The van der Waals surface area contributed by atoms with E-state index in [0.717, 1.165) is 29.0 Å². The Balaban J connectivity index is 1.62. The first-order chi connectivity index (χ1) is 13.6. The van der Waals surface area contributed by atoms with Crippen molar-refractivity contribution in [3.05, 3.63) is 60.4 Å². The highest BCUT2D eigenvalue weighted by Gasteiger charge is 2.25. The van der Waals surface area contributed by atoms with Gasteiger partial charge in [0.1, 0.15) is 11.9 Å². The first kappa shape index (κ1) is 19.6. The molecule has 0 radical (unpaired) electrons. The number of fused-ring (bicyclic) bond motifs is 1. The van der Waals surface area contributed by atoms with Crippen LogP contribution in [0.2, 0.25) is 0 Å². The molecule has 1 aromatic heterocycles. The van der Waals surface area contributed by atoms with Crippen LogP contribution in [-0.2, 0) is 16.0 Å². The minimum Gasteiger partial charge on any atom is -0.342 e. The molecule has 6 nitrogen and oxygen atoms in total. The van der Waals surface area contributed by atoms with Gasteiger partial charge in [0.2, 0.25) is 11.8 Å². The molecule has 0 fully saturated rings. The highest BCUT2D eigenvalue weighted by molar-refractivity contribution is 5.96. The largest absolute Gasteiger partial charge is 0.342 e. The lowest BCUT2D eigenvalue weighted by molar-refractivity contribution is -0.138. The van der Waals surface area contributed by atoms with Crippen molar-refractivity contribution in [3.8, 4) is 0 Å². The summed E-state index contributed by atoms with van der Waals surface area (Å²) in [6, 6.07) is 16.5. The molecule has 2 aromatic carbocycles. The van der Waals surface area contributed by atoms with Crippen LogP contribution in [0.15, 0.2) is 54.6 Å². The lowest BCUT2D eigenvalue weighted by atomic mass is 10.2. The fraction of sp³-hybridized carbons (Fsp3) is 0.318. The lowest BCUT2D eigenvalue weighted by Crippen LogP contribution is -2.46. The standard InChI is InChI=1S/C22H26N4O2/c1-3-15-26(16(2)22(28)23-17-9-5-4-6-10-17)21(27)14-13-20-24-18-11-7-8-12-19(18)25-20/h4-12,16H,3,13-15H2,1-2H3,(H,23,28)(H,24,25). The number of aromatic nitrogens is 2. The Morgan fingerprint density at radius 2 is 1.82 bits per heavy atom. The molecular weight excluding hydrogens is 352 g/mol. The summed E-state index contributed by atoms with van der Waals surface area (Å²) in [5, 5.41) is 2.88. The van der Waals surface area contributed by atoms with Crippen LogP contribution < -0.4 is 5.32 Å². The van der Waals surface area contributed by atoms with Crippen LogP contribution in [-0.4, -0.2) is 39.3 Å². The number of para-hydroxylation sites is 3. The quantitative estimate of drug-likeness (QED) is 0.626. The number of H-pyrrole nitrogens is 1. The third-order valence-corrected chi connectivity index (χ3v) is 4.69. The van der Waals surface area contributed by atoms with Gasteiger partial charge in [0.05, 0.1) is 11.0 Å². The zero-order chi connectivity index (χ0) is 19.9. The maximum absolute atomic E-state index is 12.8. The van der Waals surface area contributed by atoms with Gasteiger partial charge in [-0.05, 0) is 37.6 Å². The summed E-state index contributed by atoms with van der Waals surface area (Å²) in [5.41, 5.74) is 2.59. The van der Waals surface area contributed by atoms with Crippen molar-refractivity contribution in [2.24, 2.45) is 0 Å². The SMILES string of the molecule is CCCN(C(=O)CCc1nc2ccccc2[nH]1)C(C)C(=O)Nc1ccccc1. The molecule has 3 aromatic rings. The van der Waals surface area contributed by atoms with E-state index in [1.807, 2.05) is 61.5 Å². The minimum absolute atomic E-state index is 0.0435. The Labute approximate surface area is 165 Å². The normalized spacial score (nSPS) is 11.9. The second-order valence-electron chi connectivity index (χ2n) is 6.82. The van der Waals surface area contributed by atoms with E-state index in [1.54, 1.807) is 11.8 Å². The highest BCUT2D eigenvalue weighted by atomic mass is 16.2. The molecule has 146 valence electrons. The van der Waals surface area contributed by atoms with Gasteiger partial charge in [-0.3, -0.25) is 9.59 Å². The Kier molecular flexibility index (Phi) is 6.42. The number of amides is 2. The summed E-state index contributed by atoms with van der Waals surface area (Å²) in [6.07, 6.45) is 1.61. The number of rotatable bonds is 8. The fourth-order valence-corrected chi connectivity index (χ4v) is 3.18. The highest BCUT2D eigenvalue weighted by Crippen LogP contribution is 2.14. The minimum atomic E-state index is -0.539. The van der Waals surface area contributed by atoms with Crippen LogP contribution in [0, 0.1) is 0 Å². The van der Waals surface area contributed by atoms with Crippen molar-refractivity contribution in [2.45, 2.75) is 39.2 Å². The molecule has 1 heterocycles. The number of benzene rings is 2. The van der Waals surface area contributed by atoms with Gasteiger partial charge in [-0.2, -0.15) is 0 Å². The average molecular weight is 378 g/mol. The second kappa shape index (κ2) is 9.17. The summed E-state index contributed by atoms with van der Waals surface area (Å²) in [7, 11) is 0. The van der Waals surface area contributed by atoms with Gasteiger partial charge in [-0.1, -0.05) is 37.3 Å². The van der Waals surface area contributed by atoms with Gasteiger partial charge in [-0.25, -0.2) is 4.98 Å². The van der Waals surface area contributed by atoms with Crippen LogP contribution in [0.4, 0.5) is 5.69 Å². The molecule has 0 saturated heterocycles. The number of nitrogens with one attached hydrogen (secondary N) is 2. The molecule has 1 atom stereocenters. The van der Waals surface area contributed by atoms with Crippen LogP contribution in [0.3, 0.4) is 0 Å². The molecule has 28 heavy (non-hydrogen) atoms. The zero-order valence-corrected chi connectivity index (χ0v) is 16.3. The number of aromatic amines is 1. The summed E-state index contributed by atoms with van der Waals surface area (Å²) in [6.45, 7) is 4.32. The van der Waals surface area contributed by atoms with Gasteiger partial charge in [-0.15, -0.1) is 0 Å². The second-order valence-corrected chi connectivity index (χ2v) is 6.82. The number of anilines is 1. The number of nitrogens with zero attached hydrogens (tertiary/aromatic N) is 2. The van der Waals surface area contributed by atoms with E-state index in [2.05, 4.69) is 15.3 Å². The third-order valence-electron chi connectivity index (χ3n) is 4.69. The Morgan fingerprint density at radius 1 is 1.11 bits per heavy atom. The molecule has 0 bridgehead atoms. The van der Waals surface area contributed by atoms with Crippen molar-refractivity contribution in [1.29, 1.82) is 0 Å². The summed E-state index contributed by atoms with van der Waals surface area (Å²) >= 11 is 0. The third kappa shape index (κ3) is 4.76. The molecular formula is C22H26N4O2. The van der Waals surface area contributed by atoms with E-state index in [-0.39, 0.29) is 11.8 Å². The number of aryl methyl sites for hydroxylation is 1. The molecule has 0 aliphatic rings. The van der Waals surface area contributed by atoms with E-state index in [9.17, 15) is 9.59 Å². The molecule has 0 aliphatic carbocycles. The van der Waals surface area contributed by atoms with Gasteiger partial charge >= 0.3 is 0 Å². The molecule has 0 aliphatic heterocycles. The maximum Gasteiger partial charge on any atom is 0.246 e. The van der Waals surface area contributed by atoms with Crippen LogP contribution >= 0.6 is 0 Å². The van der Waals surface area contributed by atoms with Crippen molar-refractivity contribution in [2.75, 3.05) is 11.9 Å². The molecule has 2 amide bonds. The lowest BCUT2D eigenvalue weighted by Gasteiger charge is -2.28. The number of hydrogen-bond acceptors (Lipinski definition) is 3. The molecule has 6 heteroatoms. The summed E-state index contributed by atoms with van der Waals surface area (Å²) in [4.78, 5) is 34.8. The monoisotopic (exact) mass is 378 g/mol. The Bertz CT molecular complexity index is 903. The summed E-state index contributed by atoms with van der Waals surface area (Å²) in [5.74, 6) is 0.558. The molecule has 0 spiro atoms. The van der Waals surface area contributed by atoms with Crippen molar-refractivity contribution in [3.63, 3.8) is 0 Å². The van der Waals surface area contributed by atoms with E-state index < -0.39 is 6.04 Å². The molecule has 1 unspecified atom stereocenters. The van der Waals surface area contributed by atoms with Gasteiger partial charge in [0.25, 0.3) is 0 Å². The number of hydrogen-bond donors (Lipinski definition) is 2. The van der Waals surface area contributed by atoms with E-state index in [0.29, 0.717) is 19.4 Å². The van der Waals surface area contributed by atoms with Crippen molar-refractivity contribution < 1.29 is 9.59 Å². The zero-order valence-electron chi connectivity index (χ0n) is 16.3. The van der Waals surface area contributed by atoms with Crippen molar-refractivity contribution in [1.82, 2.24) is 14.9 Å². The maximum atomic E-state index is 12.8. The predicted octanol–water partition coefficient (Wildman–Crippen LogP) is 3.76. The number of carbonyl (C=O) groups excluding carboxylic acids is 2. The average Bonchev–Trinajstić information content (AvgIpc) is 3.13. The van der Waals surface area contributed by atoms with Gasteiger partial charge < -0.3 is 15.2 Å². The molecule has 2 N–H and O–H groups in total. The van der Waals surface area contributed by atoms with Gasteiger partial charge in [0, 0.05) is 25.1 Å². The van der Waals surface area contributed by atoms with Crippen LogP contribution in [0.1, 0.15) is 32.5 Å². The number of carbonyl (C=O) groups is 2. The molecule has 3 rings (SSSR count). The van der Waals surface area contributed by atoms with Crippen LogP contribution in [0.25, 0.3) is 11.0 Å². The first-order valence-electron chi connectivity index (χ1n) is 9.67. The number of imidazole rings is 1. The Morgan fingerprint density at radius 3 is 2.54 bits per heavy atom. The first-order valence-corrected chi connectivity index (χ1v) is 9.67. The van der Waals surface area contributed by atoms with E-state index >= 15 is 0 Å².